The topological polar surface area (TPSA) is 75.3 Å². The zero-order chi connectivity index (χ0) is 16.9. The Morgan fingerprint density at radius 2 is 2.13 bits per heavy atom. The molecule has 0 spiro atoms. The Kier molecular flexibility index (Phi) is 5.76. The summed E-state index contributed by atoms with van der Waals surface area (Å²) < 4.78 is 5.75. The number of rotatable bonds is 5. The highest BCUT2D eigenvalue weighted by Crippen LogP contribution is 2.22. The Bertz CT molecular complexity index is 653. The van der Waals surface area contributed by atoms with Crippen LogP contribution in [0, 0.1) is 6.92 Å². The summed E-state index contributed by atoms with van der Waals surface area (Å²) in [6.45, 7) is 9.61. The van der Waals surface area contributed by atoms with E-state index in [0.29, 0.717) is 12.4 Å². The van der Waals surface area contributed by atoms with Crippen molar-refractivity contribution in [3.8, 4) is 0 Å². The van der Waals surface area contributed by atoms with Crippen molar-refractivity contribution in [2.45, 2.75) is 46.1 Å². The van der Waals surface area contributed by atoms with Gasteiger partial charge >= 0.3 is 0 Å². The van der Waals surface area contributed by atoms with Gasteiger partial charge in [0.1, 0.15) is 5.76 Å². The fourth-order valence-corrected chi connectivity index (χ4v) is 2.60. The van der Waals surface area contributed by atoms with Gasteiger partial charge in [-0.25, -0.2) is 9.97 Å². The summed E-state index contributed by atoms with van der Waals surface area (Å²) >= 11 is 1.68. The maximum atomic E-state index is 5.75. The molecule has 2 N–H and O–H groups in total. The summed E-state index contributed by atoms with van der Waals surface area (Å²) in [7, 11) is 1.75. The summed E-state index contributed by atoms with van der Waals surface area (Å²) in [5, 5.41) is 9.66. The number of nitrogens with zero attached hydrogens (tertiary/aromatic N) is 3. The van der Waals surface area contributed by atoms with Crippen molar-refractivity contribution < 1.29 is 4.42 Å². The van der Waals surface area contributed by atoms with Crippen molar-refractivity contribution in [2.24, 2.45) is 4.99 Å². The summed E-state index contributed by atoms with van der Waals surface area (Å²) in [4.78, 5) is 12.9. The van der Waals surface area contributed by atoms with Crippen molar-refractivity contribution in [1.82, 2.24) is 20.6 Å². The molecule has 126 valence electrons. The van der Waals surface area contributed by atoms with Crippen molar-refractivity contribution in [1.29, 1.82) is 0 Å². The van der Waals surface area contributed by atoms with Gasteiger partial charge in [0.25, 0.3) is 0 Å². The second-order valence-electron chi connectivity index (χ2n) is 6.33. The molecule has 7 heteroatoms. The smallest absolute Gasteiger partial charge is 0.213 e. The molecule has 2 heterocycles. The van der Waals surface area contributed by atoms with Crippen LogP contribution in [0.1, 0.15) is 43.1 Å². The molecule has 0 aliphatic heterocycles. The van der Waals surface area contributed by atoms with Gasteiger partial charge in [-0.05, 0) is 6.92 Å². The largest absolute Gasteiger partial charge is 0.443 e. The van der Waals surface area contributed by atoms with Crippen LogP contribution >= 0.6 is 11.3 Å². The van der Waals surface area contributed by atoms with E-state index in [2.05, 4.69) is 51.7 Å². The lowest BCUT2D eigenvalue weighted by atomic mass is 9.94. The lowest BCUT2D eigenvalue weighted by molar-refractivity contribution is 0.379. The van der Waals surface area contributed by atoms with Gasteiger partial charge in [0.2, 0.25) is 5.89 Å². The summed E-state index contributed by atoms with van der Waals surface area (Å²) in [5.74, 6) is 2.27. The Labute approximate surface area is 141 Å². The van der Waals surface area contributed by atoms with Gasteiger partial charge in [-0.3, -0.25) is 4.99 Å². The molecule has 23 heavy (non-hydrogen) atoms. The molecular weight excluding hydrogens is 310 g/mol. The fourth-order valence-electron chi connectivity index (χ4n) is 1.95. The zero-order valence-corrected chi connectivity index (χ0v) is 15.3. The number of aliphatic imine (C=N–C) groups is 1. The third-order valence-corrected chi connectivity index (χ3v) is 4.09. The average Bonchev–Trinajstić information content (AvgIpc) is 3.11. The van der Waals surface area contributed by atoms with Crippen molar-refractivity contribution in [2.75, 3.05) is 13.6 Å². The van der Waals surface area contributed by atoms with Crippen LogP contribution in [0.3, 0.4) is 0 Å². The first-order valence-corrected chi connectivity index (χ1v) is 8.57. The molecule has 2 aromatic rings. The Morgan fingerprint density at radius 3 is 2.70 bits per heavy atom. The van der Waals surface area contributed by atoms with Crippen LogP contribution in [0.25, 0.3) is 0 Å². The lowest BCUT2D eigenvalue weighted by Gasteiger charge is -2.13. The van der Waals surface area contributed by atoms with Crippen molar-refractivity contribution >= 4 is 17.3 Å². The second kappa shape index (κ2) is 7.59. The number of aromatic nitrogens is 2. The van der Waals surface area contributed by atoms with Crippen molar-refractivity contribution in [3.05, 3.63) is 33.9 Å². The van der Waals surface area contributed by atoms with Crippen LogP contribution in [0.5, 0.6) is 0 Å². The maximum Gasteiger partial charge on any atom is 0.213 e. The van der Waals surface area contributed by atoms with E-state index < -0.39 is 0 Å². The molecule has 0 radical (unpaired) electrons. The van der Waals surface area contributed by atoms with E-state index in [1.54, 1.807) is 24.6 Å². The highest BCUT2D eigenvalue weighted by atomic mass is 32.1. The van der Waals surface area contributed by atoms with E-state index in [0.717, 1.165) is 35.4 Å². The lowest BCUT2D eigenvalue weighted by Crippen LogP contribution is -2.37. The fraction of sp³-hybridized carbons (Fsp3) is 0.562. The first-order chi connectivity index (χ1) is 10.9. The van der Waals surface area contributed by atoms with E-state index >= 15 is 0 Å². The van der Waals surface area contributed by atoms with Gasteiger partial charge in [0.05, 0.1) is 23.4 Å². The molecule has 0 aromatic carbocycles. The maximum absolute atomic E-state index is 5.75. The Hall–Kier alpha value is -1.89. The van der Waals surface area contributed by atoms with Crippen LogP contribution < -0.4 is 10.6 Å². The van der Waals surface area contributed by atoms with Gasteiger partial charge in [-0.15, -0.1) is 11.3 Å². The monoisotopic (exact) mass is 335 g/mol. The van der Waals surface area contributed by atoms with Crippen LogP contribution in [-0.2, 0) is 18.4 Å². The summed E-state index contributed by atoms with van der Waals surface area (Å²) in [5.41, 5.74) is 1.08. The molecule has 0 amide bonds. The number of thiazole rings is 1. The van der Waals surface area contributed by atoms with Gasteiger partial charge in [0.15, 0.2) is 5.96 Å². The number of guanidine groups is 1. The van der Waals surface area contributed by atoms with E-state index in [1.165, 1.54) is 0 Å². The van der Waals surface area contributed by atoms with Crippen LogP contribution in [0.2, 0.25) is 0 Å². The standard InChI is InChI=1S/C16H25N5OS/c1-11-21-12(10-23-11)6-7-18-15(17-5)20-9-14-19-8-13(22-14)16(2,3)4/h8,10H,6-7,9H2,1-5H3,(H2,17,18,20). The molecule has 0 aliphatic rings. The summed E-state index contributed by atoms with van der Waals surface area (Å²) in [6.07, 6.45) is 2.66. The Morgan fingerprint density at radius 1 is 1.35 bits per heavy atom. The van der Waals surface area contributed by atoms with Crippen molar-refractivity contribution in [3.63, 3.8) is 0 Å². The molecule has 2 aromatic heterocycles. The van der Waals surface area contributed by atoms with E-state index in [-0.39, 0.29) is 5.41 Å². The quantitative estimate of drug-likeness (QED) is 0.649. The highest BCUT2D eigenvalue weighted by Gasteiger charge is 2.19. The molecule has 0 fully saturated rings. The van der Waals surface area contributed by atoms with Crippen LogP contribution in [-0.4, -0.2) is 29.5 Å². The van der Waals surface area contributed by atoms with E-state index in [1.807, 2.05) is 6.92 Å². The first-order valence-electron chi connectivity index (χ1n) is 7.69. The average molecular weight is 335 g/mol. The third-order valence-electron chi connectivity index (χ3n) is 3.26. The molecule has 6 nitrogen and oxygen atoms in total. The molecule has 0 aliphatic carbocycles. The number of aryl methyl sites for hydroxylation is 1. The highest BCUT2D eigenvalue weighted by molar-refractivity contribution is 7.09. The molecule has 2 rings (SSSR count). The molecular formula is C16H25N5OS. The number of hydrogen-bond acceptors (Lipinski definition) is 5. The number of oxazole rings is 1. The predicted octanol–water partition coefficient (Wildman–Crippen LogP) is 2.64. The van der Waals surface area contributed by atoms with Gasteiger partial charge < -0.3 is 15.1 Å². The normalized spacial score (nSPS) is 12.5. The predicted molar refractivity (Wildman–Crippen MR) is 94.0 cm³/mol. The molecule has 0 saturated heterocycles. The summed E-state index contributed by atoms with van der Waals surface area (Å²) in [6, 6.07) is 0. The van der Waals surface area contributed by atoms with Gasteiger partial charge in [0, 0.05) is 30.8 Å². The first kappa shape index (κ1) is 17.5. The molecule has 0 atom stereocenters. The van der Waals surface area contributed by atoms with Gasteiger partial charge in [-0.1, -0.05) is 20.8 Å². The Balaban J connectivity index is 1.77. The van der Waals surface area contributed by atoms with E-state index in [4.69, 9.17) is 4.42 Å². The molecule has 0 bridgehead atoms. The number of nitrogens with one attached hydrogen (secondary N) is 2. The second-order valence-corrected chi connectivity index (χ2v) is 7.39. The zero-order valence-electron chi connectivity index (χ0n) is 14.4. The minimum atomic E-state index is -0.0309. The van der Waals surface area contributed by atoms with Crippen LogP contribution in [0.4, 0.5) is 0 Å². The number of hydrogen-bond donors (Lipinski definition) is 2. The minimum Gasteiger partial charge on any atom is -0.443 e. The van der Waals surface area contributed by atoms with Crippen LogP contribution in [0.15, 0.2) is 21.0 Å². The van der Waals surface area contributed by atoms with E-state index in [9.17, 15) is 0 Å². The SMILES string of the molecule is CN=C(NCCc1csc(C)n1)NCc1ncc(C(C)(C)C)o1. The molecule has 0 saturated carbocycles. The minimum absolute atomic E-state index is 0.0309. The third kappa shape index (κ3) is 5.35. The molecule has 0 unspecified atom stereocenters. The van der Waals surface area contributed by atoms with Gasteiger partial charge in [-0.2, -0.15) is 0 Å².